The first-order valence-electron chi connectivity index (χ1n) is 20.7. The first-order valence-corrected chi connectivity index (χ1v) is 20.7. The number of carbonyl (C=O) groups is 1. The van der Waals surface area contributed by atoms with Gasteiger partial charge in [0.05, 0.1) is 47.7 Å². The van der Waals surface area contributed by atoms with Crippen molar-refractivity contribution in [2.24, 2.45) is 5.41 Å². The van der Waals surface area contributed by atoms with Gasteiger partial charge in [0.15, 0.2) is 29.4 Å². The Morgan fingerprint density at radius 1 is 0.911 bits per heavy atom. The van der Waals surface area contributed by atoms with Crippen molar-refractivity contribution in [2.45, 2.75) is 129 Å². The van der Waals surface area contributed by atoms with Gasteiger partial charge in [-0.15, -0.1) is 5.10 Å². The van der Waals surface area contributed by atoms with Gasteiger partial charge in [0.2, 0.25) is 0 Å². The average Bonchev–Trinajstić information content (AvgIpc) is 3.92. The van der Waals surface area contributed by atoms with E-state index in [-0.39, 0.29) is 35.9 Å². The monoisotopic (exact) mass is 768 g/mol. The molecule has 5 aliphatic rings. The number of piperidine rings is 1. The van der Waals surface area contributed by atoms with Gasteiger partial charge in [-0.05, 0) is 104 Å². The van der Waals surface area contributed by atoms with Crippen molar-refractivity contribution in [3.63, 3.8) is 0 Å². The molecule has 5 atom stereocenters. The van der Waals surface area contributed by atoms with Crippen molar-refractivity contribution < 1.29 is 23.7 Å². The van der Waals surface area contributed by atoms with Crippen LogP contribution in [0.2, 0.25) is 0 Å². The number of carbonyl (C=O) groups excluding carboxylic acids is 1. The fourth-order valence-electron chi connectivity index (χ4n) is 9.32. The largest absolute Gasteiger partial charge is 0.444 e. The van der Waals surface area contributed by atoms with E-state index in [1.807, 2.05) is 55.5 Å². The maximum absolute atomic E-state index is 12.8. The lowest BCUT2D eigenvalue weighted by molar-refractivity contribution is -0.0384. The first kappa shape index (κ1) is 37.2. The Bertz CT molecular complexity index is 2040. The van der Waals surface area contributed by atoms with Gasteiger partial charge < -0.3 is 34.1 Å². The molecule has 300 valence electrons. The Hall–Kier alpha value is -4.34. The van der Waals surface area contributed by atoms with Crippen molar-refractivity contribution >= 4 is 34.6 Å². The molecule has 15 heteroatoms. The average molecular weight is 769 g/mol. The molecular weight excluding hydrogens is 713 g/mol. The van der Waals surface area contributed by atoms with E-state index in [0.717, 1.165) is 130 Å². The minimum absolute atomic E-state index is 0.0640. The molecule has 9 heterocycles. The Morgan fingerprint density at radius 2 is 1.66 bits per heavy atom. The summed E-state index contributed by atoms with van der Waals surface area (Å²) in [7, 11) is 0. The number of nitrogens with zero attached hydrogens (tertiary/aromatic N) is 9. The minimum atomic E-state index is -0.568. The zero-order chi connectivity index (χ0) is 38.6. The van der Waals surface area contributed by atoms with E-state index < -0.39 is 11.7 Å². The van der Waals surface area contributed by atoms with Gasteiger partial charge in [0, 0.05) is 50.4 Å². The fourth-order valence-corrected chi connectivity index (χ4v) is 9.32. The van der Waals surface area contributed by atoms with Crippen molar-refractivity contribution in [3.8, 4) is 11.4 Å². The molecule has 15 nitrogen and oxygen atoms in total. The molecule has 0 aromatic carbocycles. The fraction of sp³-hybridized carbons (Fsp3) is 0.659. The van der Waals surface area contributed by atoms with E-state index in [0.29, 0.717) is 13.2 Å². The van der Waals surface area contributed by atoms with Crippen LogP contribution in [0.5, 0.6) is 0 Å². The van der Waals surface area contributed by atoms with Gasteiger partial charge in [-0.3, -0.25) is 0 Å². The highest BCUT2D eigenvalue weighted by Gasteiger charge is 2.50. The quantitative estimate of drug-likeness (QED) is 0.215. The molecule has 5 aliphatic heterocycles. The number of fused-ring (bicyclic) bond motifs is 2. The highest BCUT2D eigenvalue weighted by molar-refractivity contribution is 5.88. The van der Waals surface area contributed by atoms with Gasteiger partial charge in [-0.1, -0.05) is 6.92 Å². The normalized spacial score (nSPS) is 26.8. The predicted octanol–water partition coefficient (Wildman–Crippen LogP) is 7.03. The molecule has 1 amide bonds. The number of amides is 1. The van der Waals surface area contributed by atoms with E-state index in [4.69, 9.17) is 39.0 Å². The second kappa shape index (κ2) is 14.9. The van der Waals surface area contributed by atoms with Gasteiger partial charge in [-0.2, -0.15) is 5.10 Å². The van der Waals surface area contributed by atoms with E-state index in [1.165, 1.54) is 0 Å². The van der Waals surface area contributed by atoms with Crippen LogP contribution in [0, 0.1) is 5.41 Å². The number of aromatic nitrogens is 7. The number of rotatable bonds is 6. The molecule has 4 saturated heterocycles. The number of ether oxygens (including phenoxy) is 4. The van der Waals surface area contributed by atoms with Crippen LogP contribution in [-0.2, 0) is 18.9 Å². The maximum Gasteiger partial charge on any atom is 0.407 e. The number of anilines is 3. The molecule has 1 N–H and O–H groups in total. The predicted molar refractivity (Wildman–Crippen MR) is 211 cm³/mol. The van der Waals surface area contributed by atoms with Crippen molar-refractivity contribution in [1.29, 1.82) is 0 Å². The number of pyridine rings is 1. The Balaban J connectivity index is 1.00. The Labute approximate surface area is 328 Å². The lowest BCUT2D eigenvalue weighted by Crippen LogP contribution is -2.55. The Kier molecular flexibility index (Phi) is 9.89. The zero-order valence-electron chi connectivity index (χ0n) is 33.4. The van der Waals surface area contributed by atoms with Crippen LogP contribution in [0.3, 0.4) is 0 Å². The van der Waals surface area contributed by atoms with Crippen LogP contribution < -0.4 is 15.1 Å². The van der Waals surface area contributed by atoms with Crippen molar-refractivity contribution in [3.05, 3.63) is 36.3 Å². The first-order chi connectivity index (χ1) is 27.1. The molecular formula is C41H56N10O5. The lowest BCUT2D eigenvalue weighted by atomic mass is 9.73. The molecule has 9 rings (SSSR count). The molecule has 0 radical (unpaired) electrons. The summed E-state index contributed by atoms with van der Waals surface area (Å²) in [6.45, 7) is 14.3. The van der Waals surface area contributed by atoms with E-state index in [9.17, 15) is 4.79 Å². The molecule has 0 bridgehead atoms. The number of hydrogen-bond donors (Lipinski definition) is 1. The summed E-state index contributed by atoms with van der Waals surface area (Å²) in [6.07, 6.45) is 11.7. The molecule has 2 unspecified atom stereocenters. The molecule has 0 saturated carbocycles. The topological polar surface area (TPSA) is 147 Å². The SMILES string of the molecule is C[C@@H]1OCC2(CCN(c3cnc4c(N5CC[C@H](C)c6nc(-c7ccnn7C7CCCCO7)ccc65)nn(C5CCCCO5)c4n3)CC2)[C@@H]1NC(=O)OC(C)(C)C. The maximum atomic E-state index is 12.8. The molecule has 1 spiro atoms. The van der Waals surface area contributed by atoms with E-state index in [2.05, 4.69) is 39.3 Å². The Morgan fingerprint density at radius 3 is 2.38 bits per heavy atom. The number of hydrogen-bond acceptors (Lipinski definition) is 12. The van der Waals surface area contributed by atoms with Crippen LogP contribution in [-0.4, -0.2) is 97.8 Å². The standard InChI is InChI=1S/C41H56N10O5/c1-26-15-19-49(30-13-12-28(44-34(26)30)29-14-18-43-50(29)32-10-6-8-22-53-32)38-35-37(51(47-38)33-11-7-9-23-54-33)45-31(24-42-35)48-20-16-41(17-21-48)25-55-27(2)36(41)46-39(52)56-40(3,4)5/h12-14,18,24,26-27,32-33,36H,6-11,15-17,19-23,25H2,1-5H3,(H,46,52)/t26-,27-,32?,33?,36+/m0/s1. The second-order valence-electron chi connectivity index (χ2n) is 17.4. The van der Waals surface area contributed by atoms with E-state index >= 15 is 0 Å². The van der Waals surface area contributed by atoms with Gasteiger partial charge >= 0.3 is 6.09 Å². The van der Waals surface area contributed by atoms with Crippen LogP contribution in [0.1, 0.15) is 116 Å². The summed E-state index contributed by atoms with van der Waals surface area (Å²) in [5.74, 6) is 1.87. The summed E-state index contributed by atoms with van der Waals surface area (Å²) in [5, 5.41) is 13.1. The van der Waals surface area contributed by atoms with Crippen LogP contribution in [0.15, 0.2) is 30.6 Å². The van der Waals surface area contributed by atoms with Gasteiger partial charge in [-0.25, -0.2) is 29.1 Å². The van der Waals surface area contributed by atoms with Crippen LogP contribution in [0.25, 0.3) is 22.6 Å². The smallest absolute Gasteiger partial charge is 0.407 e. The highest BCUT2D eigenvalue weighted by atomic mass is 16.6. The summed E-state index contributed by atoms with van der Waals surface area (Å²) < 4.78 is 28.2. The molecule has 0 aliphatic carbocycles. The van der Waals surface area contributed by atoms with Crippen molar-refractivity contribution in [2.75, 3.05) is 49.3 Å². The molecule has 4 aromatic heterocycles. The summed E-state index contributed by atoms with van der Waals surface area (Å²) in [5.41, 5.74) is 4.69. The molecule has 4 fully saturated rings. The highest BCUT2D eigenvalue weighted by Crippen LogP contribution is 2.45. The molecule has 56 heavy (non-hydrogen) atoms. The second-order valence-corrected chi connectivity index (χ2v) is 17.4. The van der Waals surface area contributed by atoms with E-state index in [1.54, 1.807) is 0 Å². The van der Waals surface area contributed by atoms with Gasteiger partial charge in [0.1, 0.15) is 11.4 Å². The zero-order valence-corrected chi connectivity index (χ0v) is 33.4. The summed E-state index contributed by atoms with van der Waals surface area (Å²) >= 11 is 0. The number of nitrogens with one attached hydrogen (secondary N) is 1. The van der Waals surface area contributed by atoms with Crippen LogP contribution >= 0.6 is 0 Å². The lowest BCUT2D eigenvalue weighted by Gasteiger charge is -2.42. The summed E-state index contributed by atoms with van der Waals surface area (Å²) in [6, 6.07) is 6.18. The minimum Gasteiger partial charge on any atom is -0.444 e. The third kappa shape index (κ3) is 6.99. The van der Waals surface area contributed by atoms with Gasteiger partial charge in [0.25, 0.3) is 0 Å². The summed E-state index contributed by atoms with van der Waals surface area (Å²) in [4.78, 5) is 33.1. The van der Waals surface area contributed by atoms with Crippen molar-refractivity contribution in [1.82, 2.24) is 39.8 Å². The third-order valence-electron chi connectivity index (χ3n) is 12.4. The third-order valence-corrected chi connectivity index (χ3v) is 12.4. The van der Waals surface area contributed by atoms with Crippen LogP contribution in [0.4, 0.5) is 22.1 Å². The molecule has 4 aromatic rings. The number of alkyl carbamates (subject to hydrolysis) is 1.